The maximum Gasteiger partial charge on any atom is 0.262 e. The Morgan fingerprint density at radius 3 is 2.58 bits per heavy atom. The van der Waals surface area contributed by atoms with Crippen LogP contribution in [-0.2, 0) is 19.1 Å². The molecule has 2 saturated heterocycles. The van der Waals surface area contributed by atoms with Crippen LogP contribution in [0.25, 0.3) is 0 Å². The summed E-state index contributed by atoms with van der Waals surface area (Å²) in [6, 6.07) is 14.5. The van der Waals surface area contributed by atoms with Crippen molar-refractivity contribution >= 4 is 29.1 Å². The summed E-state index contributed by atoms with van der Waals surface area (Å²) in [6.45, 7) is 3.44. The highest BCUT2D eigenvalue weighted by atomic mass is 16.5. The maximum atomic E-state index is 12.5. The standard InChI is InChI=1S/C25H29N3O5/c1-17-4-6-19(7-5-17)27-23(29)16-33-21-10-8-20(9-11-21)28-15-18(13-24(28)30)25(31)26-14-22-3-2-12-32-22/h4-11,18,22H,2-3,12-16H2,1H3,(H,26,31)(H,27,29)/t18-,22-/m0/s1. The van der Waals surface area contributed by atoms with E-state index in [4.69, 9.17) is 9.47 Å². The zero-order valence-electron chi connectivity index (χ0n) is 18.7. The van der Waals surface area contributed by atoms with E-state index >= 15 is 0 Å². The lowest BCUT2D eigenvalue weighted by molar-refractivity contribution is -0.126. The largest absolute Gasteiger partial charge is 0.484 e. The Morgan fingerprint density at radius 1 is 1.12 bits per heavy atom. The van der Waals surface area contributed by atoms with Crippen LogP contribution in [0.1, 0.15) is 24.8 Å². The number of hydrogen-bond acceptors (Lipinski definition) is 5. The van der Waals surface area contributed by atoms with Crippen LogP contribution >= 0.6 is 0 Å². The Bertz CT molecular complexity index is 984. The van der Waals surface area contributed by atoms with Crippen molar-refractivity contribution in [1.29, 1.82) is 0 Å². The SMILES string of the molecule is Cc1ccc(NC(=O)COc2ccc(N3C[C@@H](C(=O)NC[C@@H]4CCCO4)CC3=O)cc2)cc1. The Labute approximate surface area is 193 Å². The third kappa shape index (κ3) is 6.10. The third-order valence-corrected chi connectivity index (χ3v) is 5.88. The quantitative estimate of drug-likeness (QED) is 0.643. The first-order valence-corrected chi connectivity index (χ1v) is 11.3. The summed E-state index contributed by atoms with van der Waals surface area (Å²) >= 11 is 0. The van der Waals surface area contributed by atoms with Crippen molar-refractivity contribution in [2.45, 2.75) is 32.3 Å². The summed E-state index contributed by atoms with van der Waals surface area (Å²) in [5.74, 6) is -0.301. The van der Waals surface area contributed by atoms with Crippen LogP contribution in [0.5, 0.6) is 5.75 Å². The summed E-state index contributed by atoms with van der Waals surface area (Å²) in [6.07, 6.45) is 2.24. The second-order valence-electron chi connectivity index (χ2n) is 8.48. The van der Waals surface area contributed by atoms with Crippen LogP contribution in [0.15, 0.2) is 48.5 Å². The molecule has 4 rings (SSSR count). The summed E-state index contributed by atoms with van der Waals surface area (Å²) in [7, 11) is 0. The van der Waals surface area contributed by atoms with Gasteiger partial charge in [0.05, 0.1) is 12.0 Å². The number of hydrogen-bond donors (Lipinski definition) is 2. The monoisotopic (exact) mass is 451 g/mol. The van der Waals surface area contributed by atoms with Crippen molar-refractivity contribution in [1.82, 2.24) is 5.32 Å². The number of carbonyl (C=O) groups is 3. The van der Waals surface area contributed by atoms with Gasteiger partial charge in [-0.15, -0.1) is 0 Å². The predicted molar refractivity (Wildman–Crippen MR) is 124 cm³/mol. The van der Waals surface area contributed by atoms with Gasteiger partial charge in [-0.25, -0.2) is 0 Å². The number of nitrogens with one attached hydrogen (secondary N) is 2. The molecule has 0 aromatic heterocycles. The second-order valence-corrected chi connectivity index (χ2v) is 8.48. The first-order chi connectivity index (χ1) is 16.0. The van der Waals surface area contributed by atoms with E-state index in [1.165, 1.54) is 0 Å². The van der Waals surface area contributed by atoms with Crippen molar-refractivity contribution in [3.05, 3.63) is 54.1 Å². The molecule has 2 atom stereocenters. The molecule has 8 heteroatoms. The smallest absolute Gasteiger partial charge is 0.262 e. The lowest BCUT2D eigenvalue weighted by atomic mass is 10.1. The molecule has 2 fully saturated rings. The Kier molecular flexibility index (Phi) is 7.24. The zero-order valence-corrected chi connectivity index (χ0v) is 18.7. The van der Waals surface area contributed by atoms with E-state index in [1.807, 2.05) is 31.2 Å². The molecule has 3 amide bonds. The molecular formula is C25H29N3O5. The zero-order chi connectivity index (χ0) is 23.2. The Hall–Kier alpha value is -3.39. The van der Waals surface area contributed by atoms with Crippen LogP contribution < -0.4 is 20.3 Å². The van der Waals surface area contributed by atoms with Gasteiger partial charge in [-0.1, -0.05) is 17.7 Å². The fourth-order valence-electron chi connectivity index (χ4n) is 4.00. The Morgan fingerprint density at radius 2 is 1.88 bits per heavy atom. The topological polar surface area (TPSA) is 97.0 Å². The molecular weight excluding hydrogens is 422 g/mol. The third-order valence-electron chi connectivity index (χ3n) is 5.88. The van der Waals surface area contributed by atoms with Gasteiger partial charge in [0.1, 0.15) is 5.75 Å². The first kappa shape index (κ1) is 22.8. The molecule has 8 nitrogen and oxygen atoms in total. The summed E-state index contributed by atoms with van der Waals surface area (Å²) in [5.41, 5.74) is 2.53. The van der Waals surface area contributed by atoms with Crippen molar-refractivity contribution in [2.75, 3.05) is 36.5 Å². The molecule has 2 aromatic rings. The number of carbonyl (C=O) groups excluding carboxylic acids is 3. The van der Waals surface area contributed by atoms with E-state index in [-0.39, 0.29) is 42.8 Å². The van der Waals surface area contributed by atoms with E-state index < -0.39 is 0 Å². The fourth-order valence-corrected chi connectivity index (χ4v) is 4.00. The van der Waals surface area contributed by atoms with E-state index in [0.717, 1.165) is 25.0 Å². The number of nitrogens with zero attached hydrogens (tertiary/aromatic N) is 1. The molecule has 0 spiro atoms. The molecule has 0 aliphatic carbocycles. The van der Waals surface area contributed by atoms with Gasteiger partial charge in [-0.3, -0.25) is 14.4 Å². The first-order valence-electron chi connectivity index (χ1n) is 11.3. The van der Waals surface area contributed by atoms with Gasteiger partial charge in [-0.2, -0.15) is 0 Å². The minimum atomic E-state index is -0.375. The second kappa shape index (κ2) is 10.5. The van der Waals surface area contributed by atoms with Crippen molar-refractivity contribution in [2.24, 2.45) is 5.92 Å². The lowest BCUT2D eigenvalue weighted by Gasteiger charge is -2.18. The van der Waals surface area contributed by atoms with Crippen molar-refractivity contribution in [3.8, 4) is 5.75 Å². The molecule has 0 unspecified atom stereocenters. The number of amides is 3. The van der Waals surface area contributed by atoms with Gasteiger partial charge >= 0.3 is 0 Å². The number of ether oxygens (including phenoxy) is 2. The highest BCUT2D eigenvalue weighted by Crippen LogP contribution is 2.27. The van der Waals surface area contributed by atoms with Gasteiger partial charge in [0.15, 0.2) is 6.61 Å². The average molecular weight is 452 g/mol. The molecule has 2 aliphatic rings. The Balaban J connectivity index is 1.25. The van der Waals surface area contributed by atoms with Gasteiger partial charge in [-0.05, 0) is 56.2 Å². The highest BCUT2D eigenvalue weighted by molar-refractivity contribution is 6.00. The number of benzene rings is 2. The summed E-state index contributed by atoms with van der Waals surface area (Å²) < 4.78 is 11.1. The van der Waals surface area contributed by atoms with E-state index in [9.17, 15) is 14.4 Å². The number of rotatable bonds is 8. The van der Waals surface area contributed by atoms with Crippen LogP contribution in [0.2, 0.25) is 0 Å². The minimum Gasteiger partial charge on any atom is -0.484 e. The molecule has 0 saturated carbocycles. The van der Waals surface area contributed by atoms with Gasteiger partial charge in [0.25, 0.3) is 5.91 Å². The number of anilines is 2. The molecule has 0 radical (unpaired) electrons. The van der Waals surface area contributed by atoms with Crippen LogP contribution in [0.3, 0.4) is 0 Å². The predicted octanol–water partition coefficient (Wildman–Crippen LogP) is 2.66. The molecule has 0 bridgehead atoms. The lowest BCUT2D eigenvalue weighted by Crippen LogP contribution is -2.37. The molecule has 2 aliphatic heterocycles. The van der Waals surface area contributed by atoms with E-state index in [1.54, 1.807) is 29.2 Å². The van der Waals surface area contributed by atoms with E-state index in [2.05, 4.69) is 10.6 Å². The molecule has 33 heavy (non-hydrogen) atoms. The normalized spacial score (nSPS) is 20.0. The van der Waals surface area contributed by atoms with E-state index in [0.29, 0.717) is 30.2 Å². The highest BCUT2D eigenvalue weighted by Gasteiger charge is 2.35. The van der Waals surface area contributed by atoms with Crippen LogP contribution in [0.4, 0.5) is 11.4 Å². The number of aryl methyl sites for hydroxylation is 1. The van der Waals surface area contributed by atoms with Crippen LogP contribution in [-0.4, -0.2) is 50.1 Å². The van der Waals surface area contributed by atoms with Crippen LogP contribution in [0, 0.1) is 12.8 Å². The molecule has 174 valence electrons. The molecule has 2 N–H and O–H groups in total. The van der Waals surface area contributed by atoms with Crippen molar-refractivity contribution < 1.29 is 23.9 Å². The summed E-state index contributed by atoms with van der Waals surface area (Å²) in [5, 5.41) is 5.70. The average Bonchev–Trinajstić information content (AvgIpc) is 3.48. The van der Waals surface area contributed by atoms with Gasteiger partial charge in [0, 0.05) is 37.5 Å². The molecule has 2 aromatic carbocycles. The van der Waals surface area contributed by atoms with Gasteiger partial charge < -0.3 is 25.0 Å². The summed E-state index contributed by atoms with van der Waals surface area (Å²) in [4.78, 5) is 38.7. The molecule has 2 heterocycles. The van der Waals surface area contributed by atoms with Crippen molar-refractivity contribution in [3.63, 3.8) is 0 Å². The minimum absolute atomic E-state index is 0.0775. The fraction of sp³-hybridized carbons (Fsp3) is 0.400. The maximum absolute atomic E-state index is 12.5. The van der Waals surface area contributed by atoms with Gasteiger partial charge in [0.2, 0.25) is 11.8 Å².